The van der Waals surface area contributed by atoms with Gasteiger partial charge in [0.2, 0.25) is 5.91 Å². The summed E-state index contributed by atoms with van der Waals surface area (Å²) in [7, 11) is 0. The fourth-order valence-electron chi connectivity index (χ4n) is 2.46. The summed E-state index contributed by atoms with van der Waals surface area (Å²) in [5, 5.41) is 0. The molecule has 2 rings (SSSR count). The molecule has 0 aromatic heterocycles. The summed E-state index contributed by atoms with van der Waals surface area (Å²) in [5.74, 6) is 1.20. The molecule has 0 spiro atoms. The third kappa shape index (κ3) is 3.33. The number of para-hydroxylation sites is 1. The monoisotopic (exact) mass is 275 g/mol. The highest BCUT2D eigenvalue weighted by Gasteiger charge is 2.32. The number of carbonyl (C=O) groups is 1. The maximum Gasteiger partial charge on any atom is 0.222 e. The van der Waals surface area contributed by atoms with E-state index in [9.17, 15) is 4.79 Å². The van der Waals surface area contributed by atoms with E-state index >= 15 is 0 Å². The van der Waals surface area contributed by atoms with Gasteiger partial charge in [-0.25, -0.2) is 0 Å². The summed E-state index contributed by atoms with van der Waals surface area (Å²) < 4.78 is 6.07. The Kier molecular flexibility index (Phi) is 4.36. The third-order valence-corrected chi connectivity index (χ3v) is 3.65. The molecule has 0 aliphatic carbocycles. The van der Waals surface area contributed by atoms with Gasteiger partial charge in [0.25, 0.3) is 0 Å². The molecule has 1 fully saturated rings. The van der Waals surface area contributed by atoms with Gasteiger partial charge in [0.15, 0.2) is 0 Å². The van der Waals surface area contributed by atoms with Crippen molar-refractivity contribution in [1.82, 2.24) is 4.90 Å². The van der Waals surface area contributed by atoms with Gasteiger partial charge in [-0.1, -0.05) is 45.9 Å². The highest BCUT2D eigenvalue weighted by Crippen LogP contribution is 2.32. The van der Waals surface area contributed by atoms with E-state index in [1.165, 1.54) is 5.56 Å². The van der Waals surface area contributed by atoms with Crippen LogP contribution in [-0.4, -0.2) is 30.0 Å². The lowest BCUT2D eigenvalue weighted by molar-refractivity contribution is -0.140. The van der Waals surface area contributed by atoms with Crippen LogP contribution in [0.5, 0.6) is 5.75 Å². The van der Waals surface area contributed by atoms with Crippen molar-refractivity contribution >= 4 is 5.91 Å². The van der Waals surface area contributed by atoms with Crippen molar-refractivity contribution in [3.05, 3.63) is 29.8 Å². The van der Waals surface area contributed by atoms with Crippen molar-refractivity contribution in [3.8, 4) is 5.75 Å². The molecular formula is C17H25NO2. The van der Waals surface area contributed by atoms with Crippen molar-refractivity contribution in [2.24, 2.45) is 0 Å². The zero-order chi connectivity index (χ0) is 14.8. The van der Waals surface area contributed by atoms with Crippen LogP contribution in [0.1, 0.15) is 46.1 Å². The molecule has 3 nitrogen and oxygen atoms in total. The number of benzene rings is 1. The summed E-state index contributed by atoms with van der Waals surface area (Å²) in [6.07, 6.45) is 1.69. The summed E-state index contributed by atoms with van der Waals surface area (Å²) in [5.41, 5.74) is 1.29. The van der Waals surface area contributed by atoms with Gasteiger partial charge in [0.05, 0.1) is 13.1 Å². The van der Waals surface area contributed by atoms with Gasteiger partial charge in [0, 0.05) is 6.42 Å². The van der Waals surface area contributed by atoms with Crippen molar-refractivity contribution < 1.29 is 9.53 Å². The highest BCUT2D eigenvalue weighted by atomic mass is 16.5. The fourth-order valence-corrected chi connectivity index (χ4v) is 2.46. The molecule has 0 bridgehead atoms. The molecule has 0 saturated carbocycles. The molecule has 0 N–H and O–H groups in total. The molecule has 110 valence electrons. The van der Waals surface area contributed by atoms with Gasteiger partial charge in [0.1, 0.15) is 11.9 Å². The predicted molar refractivity (Wildman–Crippen MR) is 81.0 cm³/mol. The van der Waals surface area contributed by atoms with Crippen LogP contribution in [0.15, 0.2) is 24.3 Å². The van der Waals surface area contributed by atoms with Gasteiger partial charge in [-0.3, -0.25) is 4.79 Å². The lowest BCUT2D eigenvalue weighted by atomic mass is 9.86. The fraction of sp³-hybridized carbons (Fsp3) is 0.588. The van der Waals surface area contributed by atoms with E-state index in [0.29, 0.717) is 6.42 Å². The number of rotatable bonds is 4. The van der Waals surface area contributed by atoms with Gasteiger partial charge in [-0.2, -0.15) is 0 Å². The molecule has 1 aromatic carbocycles. The maximum absolute atomic E-state index is 11.7. The minimum absolute atomic E-state index is 0.0675. The second-order valence-electron chi connectivity index (χ2n) is 6.53. The number of carbonyl (C=O) groups excluding carboxylic acids is 1. The molecule has 3 heteroatoms. The first-order valence-electron chi connectivity index (χ1n) is 7.45. The molecule has 0 unspecified atom stereocenters. The molecule has 0 atom stereocenters. The molecule has 1 amide bonds. The summed E-state index contributed by atoms with van der Waals surface area (Å²) in [6, 6.07) is 8.19. The molecule has 1 aliphatic rings. The molecule has 1 heterocycles. The van der Waals surface area contributed by atoms with Gasteiger partial charge < -0.3 is 9.64 Å². The van der Waals surface area contributed by atoms with Crippen LogP contribution in [0, 0.1) is 0 Å². The average Bonchev–Trinajstić information content (AvgIpc) is 2.32. The SMILES string of the molecule is CCCC(=O)N1CC(Oc2ccccc2C(C)(C)C)C1. The molecule has 1 aliphatic heterocycles. The summed E-state index contributed by atoms with van der Waals surface area (Å²) >= 11 is 0. The highest BCUT2D eigenvalue weighted by molar-refractivity contribution is 5.77. The Labute approximate surface area is 121 Å². The first-order chi connectivity index (χ1) is 9.41. The van der Waals surface area contributed by atoms with Crippen molar-refractivity contribution in [2.45, 2.75) is 52.1 Å². The molecule has 1 saturated heterocycles. The van der Waals surface area contributed by atoms with Crippen LogP contribution in [0.4, 0.5) is 0 Å². The first kappa shape index (κ1) is 14.9. The lowest BCUT2D eigenvalue weighted by Crippen LogP contribution is -2.56. The second kappa shape index (κ2) is 5.86. The van der Waals surface area contributed by atoms with Crippen LogP contribution in [0.25, 0.3) is 0 Å². The minimum atomic E-state index is 0.0675. The number of ether oxygens (including phenoxy) is 1. The Morgan fingerprint density at radius 2 is 1.95 bits per heavy atom. The van der Waals surface area contributed by atoms with Crippen molar-refractivity contribution in [3.63, 3.8) is 0 Å². The Morgan fingerprint density at radius 3 is 2.55 bits per heavy atom. The average molecular weight is 275 g/mol. The van der Waals surface area contributed by atoms with Crippen LogP contribution >= 0.6 is 0 Å². The van der Waals surface area contributed by atoms with Crippen molar-refractivity contribution in [1.29, 1.82) is 0 Å². The van der Waals surface area contributed by atoms with Crippen LogP contribution in [-0.2, 0) is 10.2 Å². The van der Waals surface area contributed by atoms with Gasteiger partial charge in [-0.15, -0.1) is 0 Å². The van der Waals surface area contributed by atoms with Gasteiger partial charge in [-0.05, 0) is 23.5 Å². The lowest BCUT2D eigenvalue weighted by Gasteiger charge is -2.40. The van der Waals surface area contributed by atoms with E-state index < -0.39 is 0 Å². The number of hydrogen-bond donors (Lipinski definition) is 0. The number of nitrogens with zero attached hydrogens (tertiary/aromatic N) is 1. The topological polar surface area (TPSA) is 29.5 Å². The molecule has 1 aromatic rings. The van der Waals surface area contributed by atoms with E-state index in [0.717, 1.165) is 25.3 Å². The van der Waals surface area contributed by atoms with Crippen molar-refractivity contribution in [2.75, 3.05) is 13.1 Å². The van der Waals surface area contributed by atoms with E-state index in [2.05, 4.69) is 26.8 Å². The predicted octanol–water partition coefficient (Wildman–Crippen LogP) is 3.37. The normalized spacial score (nSPS) is 15.9. The zero-order valence-electron chi connectivity index (χ0n) is 13.0. The van der Waals surface area contributed by atoms with Crippen LogP contribution in [0.2, 0.25) is 0 Å². The molecular weight excluding hydrogens is 250 g/mol. The Bertz CT molecular complexity index is 470. The summed E-state index contributed by atoms with van der Waals surface area (Å²) in [6.45, 7) is 10.0. The number of hydrogen-bond acceptors (Lipinski definition) is 2. The zero-order valence-corrected chi connectivity index (χ0v) is 13.0. The van der Waals surface area contributed by atoms with Crippen LogP contribution in [0.3, 0.4) is 0 Å². The molecule has 0 radical (unpaired) electrons. The Balaban J connectivity index is 1.95. The quantitative estimate of drug-likeness (QED) is 0.843. The minimum Gasteiger partial charge on any atom is -0.486 e. The van der Waals surface area contributed by atoms with E-state index in [1.54, 1.807) is 0 Å². The molecule has 20 heavy (non-hydrogen) atoms. The third-order valence-electron chi connectivity index (χ3n) is 3.65. The Morgan fingerprint density at radius 1 is 1.30 bits per heavy atom. The van der Waals surface area contributed by atoms with E-state index in [1.807, 2.05) is 30.0 Å². The summed E-state index contributed by atoms with van der Waals surface area (Å²) in [4.78, 5) is 13.6. The maximum atomic E-state index is 11.7. The Hall–Kier alpha value is -1.51. The second-order valence-corrected chi connectivity index (χ2v) is 6.53. The van der Waals surface area contributed by atoms with Crippen LogP contribution < -0.4 is 4.74 Å². The van der Waals surface area contributed by atoms with E-state index in [4.69, 9.17) is 4.74 Å². The van der Waals surface area contributed by atoms with Gasteiger partial charge >= 0.3 is 0 Å². The number of likely N-dealkylation sites (tertiary alicyclic amines) is 1. The first-order valence-corrected chi connectivity index (χ1v) is 7.45. The standard InChI is InChI=1S/C17H25NO2/c1-5-8-16(19)18-11-13(12-18)20-15-10-7-6-9-14(15)17(2,3)4/h6-7,9-10,13H,5,8,11-12H2,1-4H3. The smallest absolute Gasteiger partial charge is 0.222 e. The largest absolute Gasteiger partial charge is 0.486 e. The van der Waals surface area contributed by atoms with E-state index in [-0.39, 0.29) is 17.4 Å². The number of amides is 1.